The van der Waals surface area contributed by atoms with Crippen LogP contribution < -0.4 is 4.74 Å². The van der Waals surface area contributed by atoms with Gasteiger partial charge in [-0.05, 0) is 43.9 Å². The van der Waals surface area contributed by atoms with Gasteiger partial charge in [0.05, 0.1) is 5.56 Å². The summed E-state index contributed by atoms with van der Waals surface area (Å²) < 4.78 is 5.81. The van der Waals surface area contributed by atoms with Gasteiger partial charge in [-0.25, -0.2) is 0 Å². The summed E-state index contributed by atoms with van der Waals surface area (Å²) in [6.45, 7) is 2.89. The minimum Gasteiger partial charge on any atom is -0.491 e. The van der Waals surface area contributed by atoms with Crippen LogP contribution in [0.2, 0.25) is 0 Å². The van der Waals surface area contributed by atoms with Crippen molar-refractivity contribution >= 4 is 0 Å². The lowest BCUT2D eigenvalue weighted by Gasteiger charge is -2.31. The first-order valence-electron chi connectivity index (χ1n) is 7.74. The Morgan fingerprint density at radius 2 is 2.05 bits per heavy atom. The molecule has 2 fully saturated rings. The van der Waals surface area contributed by atoms with E-state index in [1.807, 2.05) is 24.3 Å². The lowest BCUT2D eigenvalue weighted by Crippen LogP contribution is -2.37. The Labute approximate surface area is 121 Å². The highest BCUT2D eigenvalue weighted by Gasteiger charge is 2.35. The van der Waals surface area contributed by atoms with Crippen LogP contribution in [0.1, 0.15) is 37.7 Å². The third-order valence-corrected chi connectivity index (χ3v) is 4.77. The molecule has 0 radical (unpaired) electrons. The van der Waals surface area contributed by atoms with Crippen LogP contribution in [0.4, 0.5) is 0 Å². The molecule has 1 aromatic carbocycles. The van der Waals surface area contributed by atoms with Gasteiger partial charge in [-0.3, -0.25) is 4.90 Å². The van der Waals surface area contributed by atoms with Crippen LogP contribution in [-0.4, -0.2) is 30.6 Å². The first-order valence-corrected chi connectivity index (χ1v) is 7.74. The zero-order valence-electron chi connectivity index (χ0n) is 11.9. The molecule has 1 aromatic rings. The second-order valence-electron chi connectivity index (χ2n) is 5.89. The number of nitrogens with zero attached hydrogens (tertiary/aromatic N) is 2. The number of hydrogen-bond acceptors (Lipinski definition) is 3. The Morgan fingerprint density at radius 1 is 1.20 bits per heavy atom. The Bertz CT molecular complexity index is 494. The molecule has 1 aliphatic heterocycles. The summed E-state index contributed by atoms with van der Waals surface area (Å²) >= 11 is 0. The molecule has 1 saturated heterocycles. The minimum absolute atomic E-state index is 0.629. The van der Waals surface area contributed by atoms with Gasteiger partial charge in [0.25, 0.3) is 0 Å². The summed E-state index contributed by atoms with van der Waals surface area (Å²) in [4.78, 5) is 2.60. The maximum absolute atomic E-state index is 9.04. The van der Waals surface area contributed by atoms with Crippen molar-refractivity contribution in [3.8, 4) is 11.8 Å². The number of fused-ring (bicyclic) bond motifs is 1. The number of para-hydroxylation sites is 1. The molecule has 2 aliphatic rings. The van der Waals surface area contributed by atoms with Gasteiger partial charge in [-0.15, -0.1) is 0 Å². The first-order chi connectivity index (χ1) is 9.88. The Kier molecular flexibility index (Phi) is 4.22. The standard InChI is InChI=1S/C17H22N2O/c18-13-15-6-2-4-8-17(15)20-12-11-19-10-9-14-5-1-3-7-16(14)19/h2,4,6,8,14,16H,1,3,5,7,9-12H2. The number of likely N-dealkylation sites (tertiary alicyclic amines) is 1. The van der Waals surface area contributed by atoms with Crippen molar-refractivity contribution in [2.75, 3.05) is 19.7 Å². The van der Waals surface area contributed by atoms with Crippen molar-refractivity contribution in [2.45, 2.75) is 38.1 Å². The van der Waals surface area contributed by atoms with Crippen LogP contribution in [0.3, 0.4) is 0 Å². The fraction of sp³-hybridized carbons (Fsp3) is 0.588. The summed E-state index contributed by atoms with van der Waals surface area (Å²) in [5, 5.41) is 9.04. The predicted molar refractivity (Wildman–Crippen MR) is 78.6 cm³/mol. The molecule has 106 valence electrons. The zero-order chi connectivity index (χ0) is 13.8. The summed E-state index contributed by atoms with van der Waals surface area (Å²) in [6.07, 6.45) is 6.94. The highest BCUT2D eigenvalue weighted by Crippen LogP contribution is 2.35. The van der Waals surface area contributed by atoms with Gasteiger partial charge in [-0.1, -0.05) is 25.0 Å². The third-order valence-electron chi connectivity index (χ3n) is 4.77. The van der Waals surface area contributed by atoms with Crippen molar-refractivity contribution < 1.29 is 4.74 Å². The van der Waals surface area contributed by atoms with Gasteiger partial charge in [0.1, 0.15) is 18.4 Å². The SMILES string of the molecule is N#Cc1ccccc1OCCN1CCC2CCCCC21. The van der Waals surface area contributed by atoms with Gasteiger partial charge >= 0.3 is 0 Å². The monoisotopic (exact) mass is 270 g/mol. The lowest BCUT2D eigenvalue weighted by atomic mass is 9.85. The van der Waals surface area contributed by atoms with E-state index in [0.29, 0.717) is 12.2 Å². The Hall–Kier alpha value is -1.53. The van der Waals surface area contributed by atoms with E-state index in [9.17, 15) is 0 Å². The molecule has 1 heterocycles. The normalized spacial score (nSPS) is 25.9. The van der Waals surface area contributed by atoms with Crippen molar-refractivity contribution in [2.24, 2.45) is 5.92 Å². The van der Waals surface area contributed by atoms with E-state index in [0.717, 1.165) is 24.3 Å². The second-order valence-corrected chi connectivity index (χ2v) is 5.89. The van der Waals surface area contributed by atoms with Crippen LogP contribution in [-0.2, 0) is 0 Å². The smallest absolute Gasteiger partial charge is 0.137 e. The van der Waals surface area contributed by atoms with Gasteiger partial charge in [0, 0.05) is 12.6 Å². The van der Waals surface area contributed by atoms with Crippen LogP contribution in [0.15, 0.2) is 24.3 Å². The van der Waals surface area contributed by atoms with Crippen molar-refractivity contribution in [1.82, 2.24) is 4.90 Å². The number of ether oxygens (including phenoxy) is 1. The van der Waals surface area contributed by atoms with Gasteiger partial charge < -0.3 is 4.74 Å². The molecule has 2 unspecified atom stereocenters. The molecule has 0 N–H and O–H groups in total. The average Bonchev–Trinajstić information content (AvgIpc) is 2.91. The fourth-order valence-electron chi connectivity index (χ4n) is 3.74. The number of benzene rings is 1. The van der Waals surface area contributed by atoms with Crippen LogP contribution in [0.25, 0.3) is 0 Å². The molecular weight excluding hydrogens is 248 g/mol. The molecule has 0 bridgehead atoms. The molecule has 3 rings (SSSR count). The van der Waals surface area contributed by atoms with Gasteiger partial charge in [-0.2, -0.15) is 5.26 Å². The van der Waals surface area contributed by atoms with E-state index in [4.69, 9.17) is 10.00 Å². The first kappa shape index (κ1) is 13.5. The quantitative estimate of drug-likeness (QED) is 0.843. The largest absolute Gasteiger partial charge is 0.491 e. The molecule has 3 heteroatoms. The Morgan fingerprint density at radius 3 is 2.95 bits per heavy atom. The van der Waals surface area contributed by atoms with Crippen molar-refractivity contribution in [3.63, 3.8) is 0 Å². The van der Waals surface area contributed by atoms with E-state index in [-0.39, 0.29) is 0 Å². The fourth-order valence-corrected chi connectivity index (χ4v) is 3.74. The molecule has 0 aromatic heterocycles. The van der Waals surface area contributed by atoms with Gasteiger partial charge in [0.2, 0.25) is 0 Å². The number of hydrogen-bond donors (Lipinski definition) is 0. The molecule has 0 amide bonds. The van der Waals surface area contributed by atoms with Crippen LogP contribution >= 0.6 is 0 Å². The molecule has 1 aliphatic carbocycles. The van der Waals surface area contributed by atoms with E-state index < -0.39 is 0 Å². The molecular formula is C17H22N2O. The molecule has 2 atom stereocenters. The number of nitriles is 1. The average molecular weight is 270 g/mol. The topological polar surface area (TPSA) is 36.3 Å². The second kappa shape index (κ2) is 6.28. The van der Waals surface area contributed by atoms with E-state index >= 15 is 0 Å². The van der Waals surface area contributed by atoms with Crippen LogP contribution in [0.5, 0.6) is 5.75 Å². The lowest BCUT2D eigenvalue weighted by molar-refractivity contribution is 0.154. The summed E-state index contributed by atoms with van der Waals surface area (Å²) in [5.74, 6) is 1.64. The zero-order valence-corrected chi connectivity index (χ0v) is 11.9. The van der Waals surface area contributed by atoms with E-state index in [2.05, 4.69) is 11.0 Å². The van der Waals surface area contributed by atoms with Gasteiger partial charge in [0.15, 0.2) is 0 Å². The van der Waals surface area contributed by atoms with E-state index in [1.54, 1.807) is 0 Å². The predicted octanol–water partition coefficient (Wildman–Crippen LogP) is 3.20. The maximum atomic E-state index is 9.04. The highest BCUT2D eigenvalue weighted by atomic mass is 16.5. The van der Waals surface area contributed by atoms with Crippen molar-refractivity contribution in [3.05, 3.63) is 29.8 Å². The molecule has 1 saturated carbocycles. The molecule has 0 spiro atoms. The third kappa shape index (κ3) is 2.81. The van der Waals surface area contributed by atoms with E-state index in [1.165, 1.54) is 38.6 Å². The molecule has 3 nitrogen and oxygen atoms in total. The summed E-state index contributed by atoms with van der Waals surface area (Å²) in [5.41, 5.74) is 0.629. The molecule has 20 heavy (non-hydrogen) atoms. The number of rotatable bonds is 4. The minimum atomic E-state index is 0.629. The summed E-state index contributed by atoms with van der Waals surface area (Å²) in [6, 6.07) is 10.5. The van der Waals surface area contributed by atoms with Crippen molar-refractivity contribution in [1.29, 1.82) is 5.26 Å². The summed E-state index contributed by atoms with van der Waals surface area (Å²) in [7, 11) is 0. The maximum Gasteiger partial charge on any atom is 0.137 e. The van der Waals surface area contributed by atoms with Crippen LogP contribution in [0, 0.1) is 17.2 Å². The Balaban J connectivity index is 1.52. The highest BCUT2D eigenvalue weighted by molar-refractivity contribution is 5.42.